The van der Waals surface area contributed by atoms with E-state index in [9.17, 15) is 9.59 Å². The number of aromatic nitrogens is 1. The van der Waals surface area contributed by atoms with Crippen molar-refractivity contribution in [1.82, 2.24) is 31.2 Å². The number of nitrogens with one attached hydrogen (secondary N) is 4. The molecule has 0 radical (unpaired) electrons. The molecule has 0 saturated carbocycles. The van der Waals surface area contributed by atoms with Gasteiger partial charge in [0, 0.05) is 41.9 Å². The van der Waals surface area contributed by atoms with Gasteiger partial charge in [-0.3, -0.25) is 9.59 Å². The minimum absolute atomic E-state index is 0.0493. The maximum Gasteiger partial charge on any atom is 0.280 e. The highest BCUT2D eigenvalue weighted by Gasteiger charge is 2.33. The molecule has 3 aliphatic heterocycles. The molecule has 170 valence electrons. The van der Waals surface area contributed by atoms with E-state index in [-0.39, 0.29) is 35.9 Å². The summed E-state index contributed by atoms with van der Waals surface area (Å²) in [7, 11) is 2.08. The lowest BCUT2D eigenvalue weighted by molar-refractivity contribution is -0.118. The van der Waals surface area contributed by atoms with E-state index in [0.717, 1.165) is 38.2 Å². The van der Waals surface area contributed by atoms with Crippen LogP contribution in [0.3, 0.4) is 0 Å². The Morgan fingerprint density at radius 1 is 1.25 bits per heavy atom. The normalized spacial score (nSPS) is 29.3. The van der Waals surface area contributed by atoms with Gasteiger partial charge >= 0.3 is 0 Å². The topological polar surface area (TPSA) is 98.4 Å². The molecular formula is C22H27ClN6O2S. The third-order valence-electron chi connectivity index (χ3n) is 6.39. The Bertz CT molecular complexity index is 1020. The van der Waals surface area contributed by atoms with E-state index < -0.39 is 0 Å². The van der Waals surface area contributed by atoms with Gasteiger partial charge in [-0.05, 0) is 32.2 Å². The SMILES string of the molecule is CN1CCc2nc(C(=O)N[C@@H]3CCNC[C@@H]3NC(=O)C3=CC4C=C(Cl)C=CC4N3)sc2C1. The first-order valence-corrected chi connectivity index (χ1v) is 12.2. The minimum atomic E-state index is -0.207. The second-order valence-electron chi connectivity index (χ2n) is 8.77. The van der Waals surface area contributed by atoms with Gasteiger partial charge in [-0.1, -0.05) is 23.8 Å². The van der Waals surface area contributed by atoms with Crippen molar-refractivity contribution < 1.29 is 9.59 Å². The molecule has 5 rings (SSSR count). The van der Waals surface area contributed by atoms with Crippen molar-refractivity contribution in [2.24, 2.45) is 5.92 Å². The molecule has 4 atom stereocenters. The van der Waals surface area contributed by atoms with Crippen LogP contribution in [-0.4, -0.2) is 66.5 Å². The largest absolute Gasteiger partial charge is 0.374 e. The lowest BCUT2D eigenvalue weighted by Crippen LogP contribution is -2.60. The average molecular weight is 475 g/mol. The van der Waals surface area contributed by atoms with Crippen LogP contribution in [0.5, 0.6) is 0 Å². The third-order valence-corrected chi connectivity index (χ3v) is 7.72. The Morgan fingerprint density at radius 2 is 2.09 bits per heavy atom. The van der Waals surface area contributed by atoms with E-state index in [0.29, 0.717) is 22.3 Å². The summed E-state index contributed by atoms with van der Waals surface area (Å²) in [4.78, 5) is 33.9. The molecular weight excluding hydrogens is 448 g/mol. The highest BCUT2D eigenvalue weighted by atomic mass is 35.5. The van der Waals surface area contributed by atoms with Crippen molar-refractivity contribution in [3.05, 3.63) is 50.6 Å². The summed E-state index contributed by atoms with van der Waals surface area (Å²) in [5.41, 5.74) is 1.58. The van der Waals surface area contributed by atoms with Gasteiger partial charge in [-0.25, -0.2) is 4.98 Å². The fourth-order valence-corrected chi connectivity index (χ4v) is 5.91. The second-order valence-corrected chi connectivity index (χ2v) is 10.3. The minimum Gasteiger partial charge on any atom is -0.374 e. The molecule has 1 fully saturated rings. The van der Waals surface area contributed by atoms with Crippen LogP contribution in [0.2, 0.25) is 0 Å². The Kier molecular flexibility index (Phi) is 6.07. The van der Waals surface area contributed by atoms with Gasteiger partial charge < -0.3 is 26.2 Å². The number of fused-ring (bicyclic) bond motifs is 2. The van der Waals surface area contributed by atoms with Crippen LogP contribution in [0.25, 0.3) is 0 Å². The third kappa shape index (κ3) is 4.47. The number of carbonyl (C=O) groups excluding carboxylic acids is 2. The monoisotopic (exact) mass is 474 g/mol. The van der Waals surface area contributed by atoms with Gasteiger partial charge in [0.05, 0.1) is 29.5 Å². The molecule has 32 heavy (non-hydrogen) atoms. The van der Waals surface area contributed by atoms with Crippen molar-refractivity contribution in [3.8, 4) is 0 Å². The van der Waals surface area contributed by atoms with E-state index >= 15 is 0 Å². The highest BCUT2D eigenvalue weighted by molar-refractivity contribution is 7.13. The molecule has 2 unspecified atom stereocenters. The number of rotatable bonds is 4. The molecule has 4 aliphatic rings. The van der Waals surface area contributed by atoms with Crippen LogP contribution >= 0.6 is 22.9 Å². The summed E-state index contributed by atoms with van der Waals surface area (Å²) in [5.74, 6) is -0.256. The predicted molar refractivity (Wildman–Crippen MR) is 124 cm³/mol. The molecule has 1 aromatic rings. The maximum absolute atomic E-state index is 12.9. The summed E-state index contributed by atoms with van der Waals surface area (Å²) in [6, 6.07) is -0.316. The van der Waals surface area contributed by atoms with Crippen LogP contribution in [0.1, 0.15) is 26.8 Å². The molecule has 1 saturated heterocycles. The molecule has 8 nitrogen and oxygen atoms in total. The van der Waals surface area contributed by atoms with Crippen molar-refractivity contribution >= 4 is 34.8 Å². The van der Waals surface area contributed by atoms with Crippen LogP contribution < -0.4 is 21.3 Å². The maximum atomic E-state index is 12.9. The summed E-state index contributed by atoms with van der Waals surface area (Å²) < 4.78 is 0. The van der Waals surface area contributed by atoms with Gasteiger partial charge in [0.2, 0.25) is 0 Å². The number of likely N-dealkylation sites (N-methyl/N-ethyl adjacent to an activating group) is 1. The number of halogens is 1. The standard InChI is InChI=1S/C22H27ClN6O2S/c1-29-7-5-16-19(11-29)32-22(28-16)21(31)26-15-4-6-24-10-18(15)27-20(30)17-9-12-8-13(23)2-3-14(12)25-17/h2-3,8-9,12,14-15,18,24-25H,4-7,10-11H2,1H3,(H,26,31)(H,27,30)/t12?,14?,15-,18+/m1/s1. The number of allylic oxidation sites excluding steroid dienone is 2. The quantitative estimate of drug-likeness (QED) is 0.517. The summed E-state index contributed by atoms with van der Waals surface area (Å²) in [6.45, 7) is 3.19. The first-order valence-electron chi connectivity index (χ1n) is 11.0. The molecule has 10 heteroatoms. The zero-order valence-corrected chi connectivity index (χ0v) is 19.4. The van der Waals surface area contributed by atoms with E-state index in [1.807, 2.05) is 24.3 Å². The predicted octanol–water partition coefficient (Wildman–Crippen LogP) is 0.872. The summed E-state index contributed by atoms with van der Waals surface area (Å²) >= 11 is 7.56. The van der Waals surface area contributed by atoms with Crippen molar-refractivity contribution in [2.75, 3.05) is 26.7 Å². The molecule has 1 aliphatic carbocycles. The fraction of sp³-hybridized carbons (Fsp3) is 0.500. The van der Waals surface area contributed by atoms with Gasteiger partial charge in [-0.2, -0.15) is 0 Å². The average Bonchev–Trinajstić information content (AvgIpc) is 3.38. The van der Waals surface area contributed by atoms with E-state index in [1.54, 1.807) is 0 Å². The molecule has 1 aromatic heterocycles. The Labute approximate surface area is 196 Å². The molecule has 4 N–H and O–H groups in total. The summed E-state index contributed by atoms with van der Waals surface area (Å²) in [6.07, 6.45) is 9.28. The van der Waals surface area contributed by atoms with E-state index in [4.69, 9.17) is 11.6 Å². The Morgan fingerprint density at radius 3 is 2.97 bits per heavy atom. The molecule has 0 spiro atoms. The van der Waals surface area contributed by atoms with Gasteiger partial charge in [-0.15, -0.1) is 11.3 Å². The number of carbonyl (C=O) groups is 2. The fourth-order valence-electron chi connectivity index (χ4n) is 4.60. The zero-order valence-electron chi connectivity index (χ0n) is 17.9. The van der Waals surface area contributed by atoms with E-state index in [1.165, 1.54) is 16.2 Å². The number of amides is 2. The Balaban J connectivity index is 1.23. The number of hydrogen-bond acceptors (Lipinski definition) is 7. The highest BCUT2D eigenvalue weighted by Crippen LogP contribution is 2.27. The van der Waals surface area contributed by atoms with Crippen molar-refractivity contribution in [2.45, 2.75) is 37.5 Å². The van der Waals surface area contributed by atoms with Crippen LogP contribution in [0, 0.1) is 5.92 Å². The zero-order chi connectivity index (χ0) is 22.2. The molecule has 4 heterocycles. The first-order chi connectivity index (χ1) is 15.5. The second kappa shape index (κ2) is 8.97. The Hall–Kier alpha value is -2.20. The lowest BCUT2D eigenvalue weighted by atomic mass is 9.98. The van der Waals surface area contributed by atoms with Gasteiger partial charge in [0.15, 0.2) is 5.01 Å². The van der Waals surface area contributed by atoms with Gasteiger partial charge in [0.25, 0.3) is 11.8 Å². The molecule has 0 aromatic carbocycles. The smallest absolute Gasteiger partial charge is 0.280 e. The van der Waals surface area contributed by atoms with Crippen LogP contribution in [0.15, 0.2) is 35.0 Å². The van der Waals surface area contributed by atoms with Crippen molar-refractivity contribution in [1.29, 1.82) is 0 Å². The van der Waals surface area contributed by atoms with Gasteiger partial charge in [0.1, 0.15) is 0 Å². The van der Waals surface area contributed by atoms with E-state index in [2.05, 4.69) is 38.2 Å². The van der Waals surface area contributed by atoms with Crippen LogP contribution in [-0.2, 0) is 17.8 Å². The number of piperidine rings is 1. The van der Waals surface area contributed by atoms with Crippen molar-refractivity contribution in [3.63, 3.8) is 0 Å². The summed E-state index contributed by atoms with van der Waals surface area (Å²) in [5, 5.41) is 14.0. The number of nitrogens with zero attached hydrogens (tertiary/aromatic N) is 2. The molecule has 2 amide bonds. The lowest BCUT2D eigenvalue weighted by Gasteiger charge is -2.33. The number of thiazole rings is 1. The molecule has 0 bridgehead atoms. The first kappa shape index (κ1) is 21.6. The number of hydrogen-bond donors (Lipinski definition) is 4. The van der Waals surface area contributed by atoms with Crippen LogP contribution in [0.4, 0.5) is 0 Å².